The second kappa shape index (κ2) is 20.8. The molecule has 3 aromatic rings. The van der Waals surface area contributed by atoms with Gasteiger partial charge in [-0.05, 0) is 173 Å². The summed E-state index contributed by atoms with van der Waals surface area (Å²) < 4.78 is 6.69. The molecule has 5 fully saturated rings. The second-order valence-electron chi connectivity index (χ2n) is 24.5. The Morgan fingerprint density at radius 1 is 0.571 bits per heavy atom. The molecule has 63 heavy (non-hydrogen) atoms. The van der Waals surface area contributed by atoms with Gasteiger partial charge < -0.3 is 19.6 Å². The third-order valence-electron chi connectivity index (χ3n) is 17.9. The van der Waals surface area contributed by atoms with Gasteiger partial charge in [-0.2, -0.15) is 0 Å². The Balaban J connectivity index is 0.00000146. The normalized spacial score (nSPS) is 34.9. The first kappa shape index (κ1) is 53.0. The van der Waals surface area contributed by atoms with Gasteiger partial charge in [0.15, 0.2) is 0 Å². The van der Waals surface area contributed by atoms with Crippen molar-refractivity contribution in [3.05, 3.63) is 121 Å². The number of halogens is 2. The zero-order valence-electron chi connectivity index (χ0n) is 42.6. The van der Waals surface area contributed by atoms with Gasteiger partial charge in [-0.25, -0.2) is 0 Å². The molecule has 0 spiro atoms. The Morgan fingerprint density at radius 3 is 1.51 bits per heavy atom. The molecule has 0 bridgehead atoms. The van der Waals surface area contributed by atoms with Gasteiger partial charge in [-0.1, -0.05) is 160 Å². The Kier molecular flexibility index (Phi) is 17.5. The van der Waals surface area contributed by atoms with E-state index in [1.807, 2.05) is 7.11 Å². The minimum absolute atomic E-state index is 0. The van der Waals surface area contributed by atoms with Crippen LogP contribution in [-0.2, 0) is 36.4 Å². The molecule has 4 heteroatoms. The van der Waals surface area contributed by atoms with Gasteiger partial charge in [0.05, 0.1) is 6.10 Å². The molecular formula is C59H88Cl2OZr. The Hall–Kier alpha value is -0.917. The molecule has 5 saturated carbocycles. The molecule has 5 aliphatic carbocycles. The number of methoxy groups -OCH3 is 1. The molecule has 8 rings (SSSR count). The third kappa shape index (κ3) is 10.7. The van der Waals surface area contributed by atoms with E-state index in [1.165, 1.54) is 67.2 Å². The van der Waals surface area contributed by atoms with Crippen LogP contribution in [0.5, 0.6) is 0 Å². The number of hydrogen-bond acceptors (Lipinski definition) is 1. The van der Waals surface area contributed by atoms with Crippen molar-refractivity contribution >= 4 is 17.0 Å². The van der Waals surface area contributed by atoms with E-state index in [9.17, 15) is 0 Å². The van der Waals surface area contributed by atoms with Crippen molar-refractivity contribution in [2.75, 3.05) is 7.11 Å². The van der Waals surface area contributed by atoms with Crippen molar-refractivity contribution in [2.24, 2.45) is 70.5 Å². The van der Waals surface area contributed by atoms with E-state index in [0.29, 0.717) is 29.6 Å². The monoisotopic (exact) mass is 973 g/mol. The van der Waals surface area contributed by atoms with Gasteiger partial charge in [-0.15, -0.1) is 0 Å². The topological polar surface area (TPSA) is 9.23 Å². The van der Waals surface area contributed by atoms with Crippen molar-refractivity contribution in [2.45, 2.75) is 170 Å². The predicted molar refractivity (Wildman–Crippen MR) is 271 cm³/mol. The summed E-state index contributed by atoms with van der Waals surface area (Å²) >= 11 is -0.826. The number of benzene rings is 3. The predicted octanol–water partition coefficient (Wildman–Crippen LogP) is 17.5. The van der Waals surface area contributed by atoms with E-state index >= 15 is 0 Å². The van der Waals surface area contributed by atoms with Gasteiger partial charge in [0.25, 0.3) is 0 Å². The SMILES string of the molecule is COC1C(c2cc(C)cc(C)c2)C2CC(C)C(CC3C(C)CC4C(c5ccc(C(C)(C)C)cc5)C5CCCC5C(c5ccc(C(C)(C)C)cc5)C34)C2CC1C(C)(C)C.[CH3-].[CH3-].[Cl][Zr+2][Cl]. The molecular weight excluding hydrogens is 887 g/mol. The van der Waals surface area contributed by atoms with Crippen LogP contribution in [0.3, 0.4) is 0 Å². The maximum atomic E-state index is 6.69. The average Bonchev–Trinajstić information content (AvgIpc) is 3.87. The van der Waals surface area contributed by atoms with Crippen LogP contribution in [-0.4, -0.2) is 13.2 Å². The minimum atomic E-state index is -0.826. The van der Waals surface area contributed by atoms with E-state index in [1.54, 1.807) is 16.7 Å². The molecule has 15 unspecified atom stereocenters. The Labute approximate surface area is 407 Å². The molecule has 0 aliphatic heterocycles. The van der Waals surface area contributed by atoms with Crippen LogP contribution in [0.2, 0.25) is 0 Å². The van der Waals surface area contributed by atoms with E-state index in [4.69, 9.17) is 21.8 Å². The fourth-order valence-corrected chi connectivity index (χ4v) is 15.4. The van der Waals surface area contributed by atoms with Crippen LogP contribution in [0, 0.1) is 99.2 Å². The van der Waals surface area contributed by atoms with Crippen molar-refractivity contribution in [1.82, 2.24) is 0 Å². The van der Waals surface area contributed by atoms with Gasteiger partial charge in [-0.3, -0.25) is 0 Å². The zero-order chi connectivity index (χ0) is 44.3. The molecule has 0 aromatic heterocycles. The zero-order valence-corrected chi connectivity index (χ0v) is 46.6. The fourth-order valence-electron chi connectivity index (χ4n) is 15.4. The van der Waals surface area contributed by atoms with Crippen LogP contribution in [0.15, 0.2) is 66.7 Å². The first-order valence-electron chi connectivity index (χ1n) is 24.5. The van der Waals surface area contributed by atoms with Crippen molar-refractivity contribution in [3.8, 4) is 0 Å². The van der Waals surface area contributed by atoms with Crippen LogP contribution in [0.1, 0.15) is 178 Å². The molecule has 15 atom stereocenters. The van der Waals surface area contributed by atoms with Crippen LogP contribution in [0.4, 0.5) is 0 Å². The molecule has 1 nitrogen and oxygen atoms in total. The summed E-state index contributed by atoms with van der Waals surface area (Å²) in [7, 11) is 11.9. The van der Waals surface area contributed by atoms with Gasteiger partial charge >= 0.3 is 37.9 Å². The average molecular weight is 975 g/mol. The van der Waals surface area contributed by atoms with Crippen molar-refractivity contribution in [1.29, 1.82) is 0 Å². The van der Waals surface area contributed by atoms with E-state index in [2.05, 4.69) is 157 Å². The summed E-state index contributed by atoms with van der Waals surface area (Å²) in [5, 5.41) is 0. The quantitative estimate of drug-likeness (QED) is 0.224. The molecule has 0 radical (unpaired) electrons. The van der Waals surface area contributed by atoms with Crippen LogP contribution >= 0.6 is 17.0 Å². The van der Waals surface area contributed by atoms with Gasteiger partial charge in [0, 0.05) is 13.0 Å². The molecule has 0 N–H and O–H groups in total. The van der Waals surface area contributed by atoms with Crippen molar-refractivity contribution in [3.63, 3.8) is 0 Å². The Bertz CT molecular complexity index is 1890. The summed E-state index contributed by atoms with van der Waals surface area (Å²) in [5.74, 6) is 9.98. The molecule has 348 valence electrons. The number of ether oxygens (including phenoxy) is 1. The number of rotatable bonds is 6. The summed E-state index contributed by atoms with van der Waals surface area (Å²) in [5.41, 5.74) is 11.2. The standard InChI is InChI=1S/C57H82O.2CH3.2ClH.Zr/c1-33-26-34(2)28-39(27-33)52-47-29-35(3)44(46(47)32-49(54(52)58-14)57(11,12)13)31-45-36(4)30-48-50(37-18-22-40(23-19-37)55(5,6)7)42-16-15-17-43(42)51(53(45)48)38-20-24-41(25-21-38)56(8,9)10;;;;;/h18-28,35-36,42-54H,15-17,29-32H2,1-14H3;2*1H3;2*1H;/q;2*-1;;;+4/p-2. The first-order chi connectivity index (χ1) is 28.7. The van der Waals surface area contributed by atoms with Crippen molar-refractivity contribution < 1.29 is 25.6 Å². The molecule has 0 saturated heterocycles. The van der Waals surface area contributed by atoms with E-state index in [0.717, 1.165) is 53.3 Å². The third-order valence-corrected chi connectivity index (χ3v) is 17.9. The first-order valence-corrected chi connectivity index (χ1v) is 30.8. The Morgan fingerprint density at radius 2 is 1.03 bits per heavy atom. The molecule has 0 heterocycles. The second-order valence-corrected chi connectivity index (χ2v) is 28.3. The van der Waals surface area contributed by atoms with Crippen LogP contribution in [0.25, 0.3) is 0 Å². The van der Waals surface area contributed by atoms with E-state index in [-0.39, 0.29) is 37.2 Å². The molecule has 3 aromatic carbocycles. The number of aryl methyl sites for hydroxylation is 2. The maximum absolute atomic E-state index is 6.69. The summed E-state index contributed by atoms with van der Waals surface area (Å²) in [4.78, 5) is 0. The van der Waals surface area contributed by atoms with Crippen LogP contribution < -0.4 is 0 Å². The van der Waals surface area contributed by atoms with E-state index < -0.39 is 20.8 Å². The fraction of sp³-hybridized carbons (Fsp3) is 0.661. The number of fused-ring (bicyclic) bond motifs is 3. The molecule has 0 amide bonds. The molecule has 5 aliphatic rings. The summed E-state index contributed by atoms with van der Waals surface area (Å²) in [6, 6.07) is 27.8. The summed E-state index contributed by atoms with van der Waals surface area (Å²) in [6.07, 6.45) is 9.98. The van der Waals surface area contributed by atoms with Gasteiger partial charge in [0.2, 0.25) is 0 Å². The number of hydrogen-bond donors (Lipinski definition) is 0. The summed E-state index contributed by atoms with van der Waals surface area (Å²) in [6.45, 7) is 31.7. The van der Waals surface area contributed by atoms with Gasteiger partial charge in [0.1, 0.15) is 0 Å².